The number of hydrogen-bond donors (Lipinski definition) is 2. The number of fused-ring (bicyclic) bond motifs is 1. The molecule has 0 saturated heterocycles. The summed E-state index contributed by atoms with van der Waals surface area (Å²) >= 11 is 0. The quantitative estimate of drug-likeness (QED) is 0.879. The molecule has 20 heavy (non-hydrogen) atoms. The Bertz CT molecular complexity index is 596. The van der Waals surface area contributed by atoms with Crippen LogP contribution in [0.4, 0.5) is 4.79 Å². The van der Waals surface area contributed by atoms with Crippen LogP contribution in [0.5, 0.6) is 5.75 Å². The van der Waals surface area contributed by atoms with Crippen molar-refractivity contribution < 1.29 is 9.53 Å². The van der Waals surface area contributed by atoms with E-state index in [1.165, 1.54) is 16.3 Å². The third-order valence-electron chi connectivity index (χ3n) is 3.20. The average molecular weight is 272 g/mol. The van der Waals surface area contributed by atoms with Crippen molar-refractivity contribution in [1.29, 1.82) is 0 Å². The van der Waals surface area contributed by atoms with Gasteiger partial charge < -0.3 is 15.4 Å². The van der Waals surface area contributed by atoms with Crippen molar-refractivity contribution >= 4 is 16.8 Å². The predicted molar refractivity (Wildman–Crippen MR) is 81.3 cm³/mol. The maximum absolute atomic E-state index is 11.4. The van der Waals surface area contributed by atoms with Gasteiger partial charge in [0.05, 0.1) is 7.11 Å². The van der Waals surface area contributed by atoms with E-state index in [0.717, 1.165) is 12.2 Å². The minimum Gasteiger partial charge on any atom is -0.497 e. The molecule has 0 aliphatic rings. The first kappa shape index (κ1) is 14.2. The number of ether oxygens (including phenoxy) is 1. The van der Waals surface area contributed by atoms with Gasteiger partial charge in [0.1, 0.15) is 5.75 Å². The topological polar surface area (TPSA) is 50.4 Å². The maximum atomic E-state index is 11.4. The first-order valence-corrected chi connectivity index (χ1v) is 6.82. The second kappa shape index (κ2) is 6.80. The molecule has 0 spiro atoms. The largest absolute Gasteiger partial charge is 0.497 e. The Hall–Kier alpha value is -2.23. The van der Waals surface area contributed by atoms with Crippen LogP contribution in [0, 0.1) is 0 Å². The number of urea groups is 1. The van der Waals surface area contributed by atoms with Crippen molar-refractivity contribution in [3.05, 3.63) is 42.0 Å². The van der Waals surface area contributed by atoms with Gasteiger partial charge in [-0.3, -0.25) is 0 Å². The van der Waals surface area contributed by atoms with E-state index in [0.29, 0.717) is 13.1 Å². The minimum absolute atomic E-state index is 0.120. The summed E-state index contributed by atoms with van der Waals surface area (Å²) in [4.78, 5) is 11.4. The molecule has 2 rings (SSSR count). The molecule has 0 aromatic heterocycles. The van der Waals surface area contributed by atoms with Crippen LogP contribution in [-0.2, 0) is 6.42 Å². The molecule has 0 unspecified atom stereocenters. The predicted octanol–water partition coefficient (Wildman–Crippen LogP) is 2.71. The fourth-order valence-electron chi connectivity index (χ4n) is 2.20. The number of carbonyl (C=O) groups excluding carboxylic acids is 1. The zero-order chi connectivity index (χ0) is 14.4. The second-order valence-electron chi connectivity index (χ2n) is 4.54. The minimum atomic E-state index is -0.120. The lowest BCUT2D eigenvalue weighted by Gasteiger charge is -2.09. The fourth-order valence-corrected chi connectivity index (χ4v) is 2.20. The summed E-state index contributed by atoms with van der Waals surface area (Å²) in [5.41, 5.74) is 1.21. The van der Waals surface area contributed by atoms with Gasteiger partial charge in [-0.05, 0) is 41.8 Å². The number of methoxy groups -OCH3 is 1. The molecule has 0 atom stereocenters. The zero-order valence-electron chi connectivity index (χ0n) is 11.9. The number of hydrogen-bond acceptors (Lipinski definition) is 2. The van der Waals surface area contributed by atoms with Crippen molar-refractivity contribution in [1.82, 2.24) is 10.6 Å². The van der Waals surface area contributed by atoms with Crippen molar-refractivity contribution in [3.63, 3.8) is 0 Å². The molecule has 0 bridgehead atoms. The summed E-state index contributed by atoms with van der Waals surface area (Å²) in [5, 5.41) is 7.91. The van der Waals surface area contributed by atoms with E-state index in [2.05, 4.69) is 28.8 Å². The molecule has 2 amide bonds. The molecule has 0 heterocycles. The highest BCUT2D eigenvalue weighted by atomic mass is 16.5. The summed E-state index contributed by atoms with van der Waals surface area (Å²) in [5.74, 6) is 0.849. The van der Waals surface area contributed by atoms with Gasteiger partial charge in [0.15, 0.2) is 0 Å². The first-order chi connectivity index (χ1) is 9.74. The van der Waals surface area contributed by atoms with E-state index in [-0.39, 0.29) is 6.03 Å². The maximum Gasteiger partial charge on any atom is 0.314 e. The Balaban J connectivity index is 2.11. The van der Waals surface area contributed by atoms with Crippen LogP contribution in [0.15, 0.2) is 36.4 Å². The van der Waals surface area contributed by atoms with Crippen molar-refractivity contribution in [2.75, 3.05) is 20.2 Å². The van der Waals surface area contributed by atoms with E-state index in [4.69, 9.17) is 4.74 Å². The van der Waals surface area contributed by atoms with E-state index in [1.807, 2.05) is 25.1 Å². The lowest BCUT2D eigenvalue weighted by Crippen LogP contribution is -2.36. The standard InChI is InChI=1S/C16H20N2O2/c1-3-17-16(19)18-10-9-13-6-4-5-12-7-8-14(20-2)11-15(12)13/h4-8,11H,3,9-10H2,1-2H3,(H2,17,18,19). The van der Waals surface area contributed by atoms with Crippen LogP contribution in [0.3, 0.4) is 0 Å². The molecule has 0 aliphatic carbocycles. The number of amides is 2. The van der Waals surface area contributed by atoms with Gasteiger partial charge >= 0.3 is 6.03 Å². The smallest absolute Gasteiger partial charge is 0.314 e. The number of benzene rings is 2. The molecule has 0 radical (unpaired) electrons. The Morgan fingerprint density at radius 1 is 1.20 bits per heavy atom. The van der Waals surface area contributed by atoms with Crippen LogP contribution >= 0.6 is 0 Å². The Morgan fingerprint density at radius 3 is 2.80 bits per heavy atom. The van der Waals surface area contributed by atoms with Crippen molar-refractivity contribution in [2.24, 2.45) is 0 Å². The molecule has 0 fully saturated rings. The third kappa shape index (κ3) is 3.41. The highest BCUT2D eigenvalue weighted by Crippen LogP contribution is 2.24. The van der Waals surface area contributed by atoms with Gasteiger partial charge in [-0.1, -0.05) is 24.3 Å². The van der Waals surface area contributed by atoms with E-state index in [1.54, 1.807) is 7.11 Å². The first-order valence-electron chi connectivity index (χ1n) is 6.82. The zero-order valence-corrected chi connectivity index (χ0v) is 11.9. The van der Waals surface area contributed by atoms with Gasteiger partial charge in [-0.15, -0.1) is 0 Å². The summed E-state index contributed by atoms with van der Waals surface area (Å²) in [6, 6.07) is 12.1. The van der Waals surface area contributed by atoms with Crippen molar-refractivity contribution in [2.45, 2.75) is 13.3 Å². The van der Waals surface area contributed by atoms with Gasteiger partial charge in [-0.25, -0.2) is 4.79 Å². The molecule has 0 saturated carbocycles. The molecule has 4 nitrogen and oxygen atoms in total. The van der Waals surface area contributed by atoms with Crippen LogP contribution < -0.4 is 15.4 Å². The van der Waals surface area contributed by atoms with Gasteiger partial charge in [0.2, 0.25) is 0 Å². The van der Waals surface area contributed by atoms with Gasteiger partial charge in [-0.2, -0.15) is 0 Å². The molecule has 106 valence electrons. The highest BCUT2D eigenvalue weighted by Gasteiger charge is 2.04. The summed E-state index contributed by atoms with van der Waals surface area (Å²) in [6.07, 6.45) is 0.793. The molecular formula is C16H20N2O2. The molecule has 0 aliphatic heterocycles. The highest BCUT2D eigenvalue weighted by molar-refractivity contribution is 5.87. The van der Waals surface area contributed by atoms with Crippen molar-refractivity contribution in [3.8, 4) is 5.75 Å². The average Bonchev–Trinajstić information content (AvgIpc) is 2.47. The number of rotatable bonds is 5. The lowest BCUT2D eigenvalue weighted by molar-refractivity contribution is 0.241. The Morgan fingerprint density at radius 2 is 2.05 bits per heavy atom. The monoisotopic (exact) mass is 272 g/mol. The van der Waals surface area contributed by atoms with E-state index in [9.17, 15) is 4.79 Å². The second-order valence-corrected chi connectivity index (χ2v) is 4.54. The number of carbonyl (C=O) groups is 1. The van der Waals surface area contributed by atoms with Gasteiger partial charge in [0.25, 0.3) is 0 Å². The van der Waals surface area contributed by atoms with Crippen LogP contribution in [0.25, 0.3) is 10.8 Å². The summed E-state index contributed by atoms with van der Waals surface area (Å²) in [6.45, 7) is 3.15. The number of nitrogens with one attached hydrogen (secondary N) is 2. The van der Waals surface area contributed by atoms with Crippen LogP contribution in [0.2, 0.25) is 0 Å². The molecule has 2 aromatic rings. The summed E-state index contributed by atoms with van der Waals surface area (Å²) < 4.78 is 5.27. The lowest BCUT2D eigenvalue weighted by atomic mass is 10.0. The Kier molecular flexibility index (Phi) is 4.82. The third-order valence-corrected chi connectivity index (χ3v) is 3.20. The van der Waals surface area contributed by atoms with Crippen LogP contribution in [0.1, 0.15) is 12.5 Å². The van der Waals surface area contributed by atoms with Crippen LogP contribution in [-0.4, -0.2) is 26.2 Å². The SMILES string of the molecule is CCNC(=O)NCCc1cccc2ccc(OC)cc12. The molecule has 2 aromatic carbocycles. The molecule has 2 N–H and O–H groups in total. The summed E-state index contributed by atoms with van der Waals surface area (Å²) in [7, 11) is 1.67. The fraction of sp³-hybridized carbons (Fsp3) is 0.312. The van der Waals surface area contributed by atoms with Gasteiger partial charge in [0, 0.05) is 13.1 Å². The molecule has 4 heteroatoms. The van der Waals surface area contributed by atoms with E-state index >= 15 is 0 Å². The molecular weight excluding hydrogens is 252 g/mol. The van der Waals surface area contributed by atoms with E-state index < -0.39 is 0 Å². The normalized spacial score (nSPS) is 10.3. The Labute approximate surface area is 119 Å².